The molecule has 148 valence electrons. The first-order valence-electron chi connectivity index (χ1n) is 9.55. The number of para-hydroxylation sites is 1. The van der Waals surface area contributed by atoms with Crippen molar-refractivity contribution in [2.75, 3.05) is 42.9 Å². The summed E-state index contributed by atoms with van der Waals surface area (Å²) in [6, 6.07) is 11.2. The molecule has 0 aromatic heterocycles. The molecular weight excluding hydrogens is 356 g/mol. The number of nitro groups is 1. The van der Waals surface area contributed by atoms with Gasteiger partial charge in [0, 0.05) is 11.8 Å². The number of carbonyl (C=O) groups excluding carboxylic acids is 1. The molecule has 0 bridgehead atoms. The van der Waals surface area contributed by atoms with E-state index in [4.69, 9.17) is 0 Å². The Morgan fingerprint density at radius 1 is 1.11 bits per heavy atom. The highest BCUT2D eigenvalue weighted by Gasteiger charge is 2.25. The van der Waals surface area contributed by atoms with Gasteiger partial charge in [0.1, 0.15) is 5.69 Å². The number of rotatable bonds is 5. The van der Waals surface area contributed by atoms with Crippen molar-refractivity contribution in [2.24, 2.45) is 0 Å². The molecule has 1 aliphatic heterocycles. The van der Waals surface area contributed by atoms with Crippen molar-refractivity contribution in [1.29, 1.82) is 0 Å². The lowest BCUT2D eigenvalue weighted by molar-refractivity contribution is -0.892. The zero-order valence-electron chi connectivity index (χ0n) is 16.6. The van der Waals surface area contributed by atoms with Gasteiger partial charge >= 0.3 is 0 Å². The lowest BCUT2D eigenvalue weighted by Gasteiger charge is -2.34. The van der Waals surface area contributed by atoms with Gasteiger partial charge in [-0.05, 0) is 43.5 Å². The van der Waals surface area contributed by atoms with Gasteiger partial charge in [0.25, 0.3) is 11.6 Å². The first-order valence-corrected chi connectivity index (χ1v) is 9.55. The van der Waals surface area contributed by atoms with E-state index in [1.807, 2.05) is 0 Å². The number of hydrogen-bond acceptors (Lipinski definition) is 4. The average molecular weight is 383 g/mol. The Bertz CT molecular complexity index is 889. The van der Waals surface area contributed by atoms with Crippen molar-refractivity contribution in [3.8, 4) is 0 Å². The number of anilines is 2. The van der Waals surface area contributed by atoms with Crippen LogP contribution in [0, 0.1) is 30.9 Å². The third-order valence-electron chi connectivity index (χ3n) is 5.51. The zero-order valence-corrected chi connectivity index (χ0v) is 16.6. The van der Waals surface area contributed by atoms with Gasteiger partial charge in [0.05, 0.1) is 31.1 Å². The van der Waals surface area contributed by atoms with E-state index < -0.39 is 4.92 Å². The highest BCUT2D eigenvalue weighted by molar-refractivity contribution is 5.94. The number of aryl methyl sites for hydroxylation is 2. The number of nitrogens with zero attached hydrogens (tertiary/aromatic N) is 2. The summed E-state index contributed by atoms with van der Waals surface area (Å²) in [4.78, 5) is 26.8. The van der Waals surface area contributed by atoms with Crippen molar-refractivity contribution in [1.82, 2.24) is 0 Å². The predicted molar refractivity (Wildman–Crippen MR) is 110 cm³/mol. The number of carbonyl (C=O) groups is 1. The van der Waals surface area contributed by atoms with Crippen LogP contribution in [0.5, 0.6) is 0 Å². The van der Waals surface area contributed by atoms with E-state index in [2.05, 4.69) is 42.3 Å². The van der Waals surface area contributed by atoms with E-state index in [0.29, 0.717) is 17.8 Å². The molecule has 1 saturated heterocycles. The first-order chi connectivity index (χ1) is 13.4. The van der Waals surface area contributed by atoms with Gasteiger partial charge in [-0.2, -0.15) is 0 Å². The van der Waals surface area contributed by atoms with Crippen LogP contribution in [0.15, 0.2) is 36.4 Å². The number of quaternary nitrogens is 1. The maximum atomic E-state index is 12.5. The van der Waals surface area contributed by atoms with Gasteiger partial charge in [0.15, 0.2) is 6.54 Å². The molecule has 0 aliphatic carbocycles. The zero-order chi connectivity index (χ0) is 20.3. The van der Waals surface area contributed by atoms with Crippen molar-refractivity contribution < 1.29 is 14.6 Å². The van der Waals surface area contributed by atoms with E-state index >= 15 is 0 Å². The quantitative estimate of drug-likeness (QED) is 0.610. The van der Waals surface area contributed by atoms with E-state index in [1.165, 1.54) is 27.8 Å². The minimum Gasteiger partial charge on any atom is -0.360 e. The Balaban J connectivity index is 1.59. The van der Waals surface area contributed by atoms with Crippen molar-refractivity contribution >= 4 is 23.0 Å². The SMILES string of the molecule is Cc1cccc(N2CC[NH+](CC(=O)Nc3c(C)cccc3[N+](=O)[O-])CC2)c1C. The number of nitro benzene ring substituents is 1. The Labute approximate surface area is 165 Å². The summed E-state index contributed by atoms with van der Waals surface area (Å²) in [5, 5.41) is 14.0. The van der Waals surface area contributed by atoms with Gasteiger partial charge in [-0.15, -0.1) is 0 Å². The summed E-state index contributed by atoms with van der Waals surface area (Å²) in [5.74, 6) is -0.187. The van der Waals surface area contributed by atoms with Crippen LogP contribution in [0.2, 0.25) is 0 Å². The molecule has 1 fully saturated rings. The largest absolute Gasteiger partial charge is 0.360 e. The fraction of sp³-hybridized carbons (Fsp3) is 0.381. The topological polar surface area (TPSA) is 79.9 Å². The number of benzene rings is 2. The second-order valence-electron chi connectivity index (χ2n) is 7.41. The molecule has 2 aromatic carbocycles. The van der Waals surface area contributed by atoms with Gasteiger partial charge in [-0.3, -0.25) is 14.9 Å². The van der Waals surface area contributed by atoms with Crippen LogP contribution in [-0.2, 0) is 4.79 Å². The summed E-state index contributed by atoms with van der Waals surface area (Å²) in [6.07, 6.45) is 0. The maximum absolute atomic E-state index is 12.5. The molecule has 1 heterocycles. The third-order valence-corrected chi connectivity index (χ3v) is 5.51. The fourth-order valence-electron chi connectivity index (χ4n) is 3.70. The Morgan fingerprint density at radius 3 is 2.43 bits per heavy atom. The molecule has 7 heteroatoms. The number of nitrogens with one attached hydrogen (secondary N) is 2. The van der Waals surface area contributed by atoms with Gasteiger partial charge in [0.2, 0.25) is 0 Å². The lowest BCUT2D eigenvalue weighted by atomic mass is 10.1. The normalized spacial score (nSPS) is 14.8. The molecular formula is C21H27N4O3+. The summed E-state index contributed by atoms with van der Waals surface area (Å²) < 4.78 is 0. The first kappa shape index (κ1) is 19.8. The second-order valence-corrected chi connectivity index (χ2v) is 7.41. The van der Waals surface area contributed by atoms with Crippen LogP contribution in [0.1, 0.15) is 16.7 Å². The maximum Gasteiger partial charge on any atom is 0.293 e. The van der Waals surface area contributed by atoms with E-state index in [0.717, 1.165) is 26.2 Å². The summed E-state index contributed by atoms with van der Waals surface area (Å²) >= 11 is 0. The Kier molecular flexibility index (Phi) is 5.94. The Hall–Kier alpha value is -2.93. The standard InChI is InChI=1S/C21H26N4O3/c1-15-6-4-8-18(17(15)3)24-12-10-23(11-13-24)14-20(26)22-21-16(2)7-5-9-19(21)25(27)28/h4-9H,10-14H2,1-3H3,(H,22,26)/p+1. The van der Waals surface area contributed by atoms with Crippen molar-refractivity contribution in [3.05, 3.63) is 63.2 Å². The van der Waals surface area contributed by atoms with Crippen LogP contribution in [0.3, 0.4) is 0 Å². The van der Waals surface area contributed by atoms with Crippen LogP contribution >= 0.6 is 0 Å². The molecule has 0 unspecified atom stereocenters. The molecule has 3 rings (SSSR count). The average Bonchev–Trinajstić information content (AvgIpc) is 2.66. The highest BCUT2D eigenvalue weighted by Crippen LogP contribution is 2.27. The van der Waals surface area contributed by atoms with Crippen LogP contribution in [0.4, 0.5) is 17.1 Å². The molecule has 0 spiro atoms. The minimum atomic E-state index is -0.460. The molecule has 1 aliphatic rings. The molecule has 28 heavy (non-hydrogen) atoms. The fourth-order valence-corrected chi connectivity index (χ4v) is 3.70. The highest BCUT2D eigenvalue weighted by atomic mass is 16.6. The smallest absolute Gasteiger partial charge is 0.293 e. The molecule has 7 nitrogen and oxygen atoms in total. The summed E-state index contributed by atoms with van der Waals surface area (Å²) in [7, 11) is 0. The van der Waals surface area contributed by atoms with Crippen LogP contribution in [-0.4, -0.2) is 43.6 Å². The minimum absolute atomic E-state index is 0.0666. The van der Waals surface area contributed by atoms with Crippen LogP contribution < -0.4 is 15.1 Å². The van der Waals surface area contributed by atoms with Crippen LogP contribution in [0.25, 0.3) is 0 Å². The molecule has 2 aromatic rings. The molecule has 0 atom stereocenters. The molecule has 0 radical (unpaired) electrons. The van der Waals surface area contributed by atoms with Crippen molar-refractivity contribution in [2.45, 2.75) is 20.8 Å². The van der Waals surface area contributed by atoms with E-state index in [1.54, 1.807) is 19.1 Å². The number of amides is 1. The van der Waals surface area contributed by atoms with Gasteiger partial charge in [-0.25, -0.2) is 0 Å². The monoisotopic (exact) mass is 383 g/mol. The summed E-state index contributed by atoms with van der Waals surface area (Å²) in [6.45, 7) is 9.83. The van der Waals surface area contributed by atoms with E-state index in [-0.39, 0.29) is 11.6 Å². The molecule has 2 N–H and O–H groups in total. The van der Waals surface area contributed by atoms with E-state index in [9.17, 15) is 14.9 Å². The van der Waals surface area contributed by atoms with Gasteiger partial charge in [-0.1, -0.05) is 24.3 Å². The lowest BCUT2D eigenvalue weighted by Crippen LogP contribution is -3.15. The third kappa shape index (κ3) is 4.31. The second kappa shape index (κ2) is 8.39. The van der Waals surface area contributed by atoms with Crippen molar-refractivity contribution in [3.63, 3.8) is 0 Å². The predicted octanol–water partition coefficient (Wildman–Crippen LogP) is 1.86. The molecule has 0 saturated carbocycles. The van der Waals surface area contributed by atoms with Gasteiger partial charge < -0.3 is 15.1 Å². The number of piperazine rings is 1. The summed E-state index contributed by atoms with van der Waals surface area (Å²) in [5.41, 5.74) is 4.77. The molecule has 1 amide bonds. The Morgan fingerprint density at radius 2 is 1.75 bits per heavy atom. The number of hydrogen-bond donors (Lipinski definition) is 2.